The van der Waals surface area contributed by atoms with E-state index in [1.54, 1.807) is 38.6 Å². The number of aromatic nitrogens is 2. The van der Waals surface area contributed by atoms with Crippen LogP contribution in [0.4, 0.5) is 5.69 Å². The highest BCUT2D eigenvalue weighted by molar-refractivity contribution is 8.00. The van der Waals surface area contributed by atoms with Crippen molar-refractivity contribution in [1.29, 1.82) is 0 Å². The second kappa shape index (κ2) is 9.03. The van der Waals surface area contributed by atoms with Crippen LogP contribution in [0, 0.1) is 0 Å². The molecule has 1 atom stereocenters. The third-order valence-corrected chi connectivity index (χ3v) is 5.32. The molecule has 0 aliphatic heterocycles. The fraction of sp³-hybridized carbons (Fsp3) is 0.200. The number of rotatable bonds is 7. The molecule has 2 aromatic carbocycles. The van der Waals surface area contributed by atoms with E-state index in [1.165, 1.54) is 11.8 Å². The molecule has 28 heavy (non-hydrogen) atoms. The van der Waals surface area contributed by atoms with Gasteiger partial charge in [-0.05, 0) is 37.3 Å². The summed E-state index contributed by atoms with van der Waals surface area (Å²) in [5.74, 6) is 1.02. The lowest BCUT2D eigenvalue weighted by molar-refractivity contribution is -0.115. The first-order valence-corrected chi connectivity index (χ1v) is 9.76. The smallest absolute Gasteiger partial charge is 0.237 e. The number of thioether (sulfide) groups is 1. The first-order valence-electron chi connectivity index (χ1n) is 8.50. The number of methoxy groups -OCH3 is 2. The van der Waals surface area contributed by atoms with Gasteiger partial charge in [0.25, 0.3) is 0 Å². The van der Waals surface area contributed by atoms with E-state index in [-0.39, 0.29) is 5.91 Å². The number of carbonyl (C=O) groups is 1. The van der Waals surface area contributed by atoms with Gasteiger partial charge in [-0.3, -0.25) is 9.36 Å². The average Bonchev–Trinajstić information content (AvgIpc) is 3.16. The van der Waals surface area contributed by atoms with Gasteiger partial charge >= 0.3 is 0 Å². The van der Waals surface area contributed by atoms with Crippen molar-refractivity contribution in [3.63, 3.8) is 0 Å². The zero-order chi connectivity index (χ0) is 20.1. The number of benzene rings is 2. The minimum atomic E-state index is -0.392. The molecule has 1 amide bonds. The molecule has 1 unspecified atom stereocenters. The molecule has 0 bridgehead atoms. The molecule has 6 nitrogen and oxygen atoms in total. The molecular weight excluding hydrogens is 398 g/mol. The van der Waals surface area contributed by atoms with E-state index < -0.39 is 5.25 Å². The van der Waals surface area contributed by atoms with Crippen molar-refractivity contribution in [1.82, 2.24) is 9.55 Å². The number of hydrogen-bond donors (Lipinski definition) is 1. The first-order chi connectivity index (χ1) is 13.5. The maximum atomic E-state index is 12.7. The maximum absolute atomic E-state index is 12.7. The van der Waals surface area contributed by atoms with E-state index in [2.05, 4.69) is 10.3 Å². The molecule has 1 heterocycles. The quantitative estimate of drug-likeness (QED) is 0.566. The van der Waals surface area contributed by atoms with Crippen molar-refractivity contribution >= 4 is 35.0 Å². The molecule has 0 aliphatic carbocycles. The van der Waals surface area contributed by atoms with Crippen LogP contribution >= 0.6 is 23.4 Å². The van der Waals surface area contributed by atoms with Crippen LogP contribution in [0.2, 0.25) is 5.02 Å². The summed E-state index contributed by atoms with van der Waals surface area (Å²) >= 11 is 7.44. The highest BCUT2D eigenvalue weighted by atomic mass is 35.5. The summed E-state index contributed by atoms with van der Waals surface area (Å²) in [6.45, 7) is 1.82. The minimum Gasteiger partial charge on any atom is -0.497 e. The van der Waals surface area contributed by atoms with Crippen LogP contribution in [0.3, 0.4) is 0 Å². The number of imidazole rings is 1. The third-order valence-electron chi connectivity index (χ3n) is 4.01. The van der Waals surface area contributed by atoms with Gasteiger partial charge in [-0.25, -0.2) is 4.98 Å². The number of halogens is 1. The predicted molar refractivity (Wildman–Crippen MR) is 112 cm³/mol. The minimum absolute atomic E-state index is 0.169. The van der Waals surface area contributed by atoms with E-state index in [9.17, 15) is 4.79 Å². The summed E-state index contributed by atoms with van der Waals surface area (Å²) in [7, 11) is 3.12. The predicted octanol–water partition coefficient (Wildman–Crippen LogP) is 4.66. The lowest BCUT2D eigenvalue weighted by Gasteiger charge is -2.15. The monoisotopic (exact) mass is 417 g/mol. The van der Waals surface area contributed by atoms with Crippen LogP contribution in [0.15, 0.2) is 60.0 Å². The molecule has 0 fully saturated rings. The molecule has 0 aliphatic rings. The zero-order valence-corrected chi connectivity index (χ0v) is 17.3. The average molecular weight is 418 g/mol. The van der Waals surface area contributed by atoms with Crippen LogP contribution in [-0.2, 0) is 4.79 Å². The topological polar surface area (TPSA) is 65.4 Å². The van der Waals surface area contributed by atoms with Crippen molar-refractivity contribution in [2.75, 3.05) is 19.5 Å². The number of hydrogen-bond acceptors (Lipinski definition) is 5. The van der Waals surface area contributed by atoms with Crippen LogP contribution < -0.4 is 14.8 Å². The lowest BCUT2D eigenvalue weighted by atomic mass is 10.2. The molecule has 146 valence electrons. The summed E-state index contributed by atoms with van der Waals surface area (Å²) in [5.41, 5.74) is 1.44. The van der Waals surface area contributed by atoms with E-state index in [0.29, 0.717) is 27.4 Å². The molecule has 0 spiro atoms. The third kappa shape index (κ3) is 4.61. The van der Waals surface area contributed by atoms with Crippen LogP contribution in [-0.4, -0.2) is 34.9 Å². The van der Waals surface area contributed by atoms with Crippen LogP contribution in [0.25, 0.3) is 5.69 Å². The van der Waals surface area contributed by atoms with E-state index >= 15 is 0 Å². The van der Waals surface area contributed by atoms with Gasteiger partial charge in [0.1, 0.15) is 11.5 Å². The van der Waals surface area contributed by atoms with Gasteiger partial charge in [-0.1, -0.05) is 29.4 Å². The Morgan fingerprint density at radius 2 is 2.04 bits per heavy atom. The van der Waals surface area contributed by atoms with Gasteiger partial charge in [0.2, 0.25) is 5.91 Å². The number of nitrogens with zero attached hydrogens (tertiary/aromatic N) is 2. The van der Waals surface area contributed by atoms with Gasteiger partial charge in [0.15, 0.2) is 5.16 Å². The van der Waals surface area contributed by atoms with E-state index in [4.69, 9.17) is 21.1 Å². The summed E-state index contributed by atoms with van der Waals surface area (Å²) in [4.78, 5) is 17.1. The Morgan fingerprint density at radius 3 is 2.75 bits per heavy atom. The van der Waals surface area contributed by atoms with Gasteiger partial charge < -0.3 is 14.8 Å². The Kier molecular flexibility index (Phi) is 6.49. The van der Waals surface area contributed by atoms with Crippen molar-refractivity contribution in [2.24, 2.45) is 0 Å². The Labute approximate surface area is 172 Å². The Morgan fingerprint density at radius 1 is 1.21 bits per heavy atom. The fourth-order valence-corrected chi connectivity index (χ4v) is 3.63. The molecule has 3 rings (SSSR count). The molecule has 0 radical (unpaired) electrons. The second-order valence-electron chi connectivity index (χ2n) is 5.88. The number of nitrogens with one attached hydrogen (secondary N) is 1. The van der Waals surface area contributed by atoms with Crippen LogP contribution in [0.5, 0.6) is 11.5 Å². The Hall–Kier alpha value is -2.64. The Balaban J connectivity index is 1.75. The van der Waals surface area contributed by atoms with Crippen molar-refractivity contribution < 1.29 is 14.3 Å². The highest BCUT2D eigenvalue weighted by Gasteiger charge is 2.19. The standard InChI is InChI=1S/C20H20ClN3O3S/c1-13(19(25)23-17-12-16(26-2)7-8-18(17)27-3)28-20-22-9-10-24(20)15-6-4-5-14(21)11-15/h4-13H,1-3H3,(H,23,25). The fourth-order valence-electron chi connectivity index (χ4n) is 2.56. The highest BCUT2D eigenvalue weighted by Crippen LogP contribution is 2.31. The molecule has 1 aromatic heterocycles. The van der Waals surface area contributed by atoms with Crippen molar-refractivity contribution in [3.05, 3.63) is 59.9 Å². The largest absolute Gasteiger partial charge is 0.497 e. The molecular formula is C20H20ClN3O3S. The summed E-state index contributed by atoms with van der Waals surface area (Å²) in [6, 6.07) is 12.7. The first kappa shape index (κ1) is 20.1. The molecule has 0 saturated carbocycles. The lowest BCUT2D eigenvalue weighted by Crippen LogP contribution is -2.23. The molecule has 1 N–H and O–H groups in total. The van der Waals surface area contributed by atoms with E-state index in [0.717, 1.165) is 5.69 Å². The SMILES string of the molecule is COc1ccc(OC)c(NC(=O)C(C)Sc2nccn2-c2cccc(Cl)c2)c1. The molecule has 3 aromatic rings. The number of carbonyl (C=O) groups excluding carboxylic acids is 1. The summed E-state index contributed by atoms with van der Waals surface area (Å²) in [6.07, 6.45) is 3.53. The van der Waals surface area contributed by atoms with Crippen molar-refractivity contribution in [2.45, 2.75) is 17.3 Å². The van der Waals surface area contributed by atoms with Gasteiger partial charge in [0, 0.05) is 29.2 Å². The van der Waals surface area contributed by atoms with E-state index in [1.807, 2.05) is 42.0 Å². The van der Waals surface area contributed by atoms with Gasteiger partial charge in [0.05, 0.1) is 25.2 Å². The number of ether oxygens (including phenoxy) is 2. The van der Waals surface area contributed by atoms with Crippen LogP contribution in [0.1, 0.15) is 6.92 Å². The van der Waals surface area contributed by atoms with Gasteiger partial charge in [-0.15, -0.1) is 0 Å². The second-order valence-corrected chi connectivity index (χ2v) is 7.62. The van der Waals surface area contributed by atoms with Gasteiger partial charge in [-0.2, -0.15) is 0 Å². The Bertz CT molecular complexity index is 977. The maximum Gasteiger partial charge on any atom is 0.237 e. The normalized spacial score (nSPS) is 11.7. The molecule has 0 saturated heterocycles. The number of anilines is 1. The molecule has 8 heteroatoms. The number of amides is 1. The zero-order valence-electron chi connectivity index (χ0n) is 15.7. The summed E-state index contributed by atoms with van der Waals surface area (Å²) in [5, 5.41) is 3.84. The summed E-state index contributed by atoms with van der Waals surface area (Å²) < 4.78 is 12.4. The van der Waals surface area contributed by atoms with Crippen molar-refractivity contribution in [3.8, 4) is 17.2 Å².